The van der Waals surface area contributed by atoms with Crippen molar-refractivity contribution in [2.24, 2.45) is 0 Å². The van der Waals surface area contributed by atoms with Crippen LogP contribution in [-0.2, 0) is 6.42 Å². The second-order valence-corrected chi connectivity index (χ2v) is 5.12. The summed E-state index contributed by atoms with van der Waals surface area (Å²) in [5.41, 5.74) is 1.35. The second-order valence-electron chi connectivity index (χ2n) is 5.12. The second kappa shape index (κ2) is 6.62. The molecule has 0 aromatic heterocycles. The molecule has 0 saturated heterocycles. The SMILES string of the molecule is CC(CC(O)Cc1cccc(F)c1F)c1ccccc1. The molecule has 0 aliphatic rings. The highest BCUT2D eigenvalue weighted by atomic mass is 19.2. The summed E-state index contributed by atoms with van der Waals surface area (Å²) in [7, 11) is 0. The van der Waals surface area contributed by atoms with Crippen molar-refractivity contribution in [1.82, 2.24) is 0 Å². The van der Waals surface area contributed by atoms with Crippen LogP contribution >= 0.6 is 0 Å². The smallest absolute Gasteiger partial charge is 0.162 e. The molecule has 2 unspecified atom stereocenters. The Bertz CT molecular complexity index is 554. The Morgan fingerprint density at radius 2 is 1.70 bits per heavy atom. The normalized spacial score (nSPS) is 14.0. The number of rotatable bonds is 5. The predicted octanol–water partition coefficient (Wildman–Crippen LogP) is 4.06. The Balaban J connectivity index is 1.99. The maximum absolute atomic E-state index is 13.5. The summed E-state index contributed by atoms with van der Waals surface area (Å²) in [4.78, 5) is 0. The van der Waals surface area contributed by atoms with Gasteiger partial charge >= 0.3 is 0 Å². The fraction of sp³-hybridized carbons (Fsp3) is 0.294. The molecule has 0 radical (unpaired) electrons. The van der Waals surface area contributed by atoms with Crippen LogP contribution < -0.4 is 0 Å². The van der Waals surface area contributed by atoms with Crippen LogP contribution in [0.15, 0.2) is 48.5 Å². The van der Waals surface area contributed by atoms with Crippen LogP contribution in [0.3, 0.4) is 0 Å². The third kappa shape index (κ3) is 3.64. The first kappa shape index (κ1) is 14.7. The maximum Gasteiger partial charge on any atom is 0.162 e. The van der Waals surface area contributed by atoms with Crippen LogP contribution in [0.25, 0.3) is 0 Å². The summed E-state index contributed by atoms with van der Waals surface area (Å²) in [6.07, 6.45) is -0.0534. The van der Waals surface area contributed by atoms with Gasteiger partial charge in [-0.1, -0.05) is 49.4 Å². The minimum Gasteiger partial charge on any atom is -0.393 e. The first-order chi connectivity index (χ1) is 9.58. The molecule has 0 heterocycles. The van der Waals surface area contributed by atoms with E-state index in [0.717, 1.165) is 11.6 Å². The molecule has 2 aromatic carbocycles. The van der Waals surface area contributed by atoms with Crippen LogP contribution in [0, 0.1) is 11.6 Å². The number of aliphatic hydroxyl groups is 1. The van der Waals surface area contributed by atoms with Gasteiger partial charge in [0.15, 0.2) is 11.6 Å². The van der Waals surface area contributed by atoms with Crippen LogP contribution in [0.4, 0.5) is 8.78 Å². The lowest BCUT2D eigenvalue weighted by molar-refractivity contribution is 0.156. The van der Waals surface area contributed by atoms with Crippen molar-refractivity contribution in [3.8, 4) is 0 Å². The Morgan fingerprint density at radius 1 is 1.00 bits per heavy atom. The summed E-state index contributed by atoms with van der Waals surface area (Å²) < 4.78 is 26.6. The summed E-state index contributed by atoms with van der Waals surface area (Å²) >= 11 is 0. The molecule has 20 heavy (non-hydrogen) atoms. The van der Waals surface area contributed by atoms with E-state index in [1.807, 2.05) is 37.3 Å². The zero-order valence-electron chi connectivity index (χ0n) is 11.4. The van der Waals surface area contributed by atoms with E-state index in [1.54, 1.807) is 0 Å². The molecule has 2 aromatic rings. The molecule has 0 amide bonds. The molecule has 2 rings (SSSR count). The summed E-state index contributed by atoms with van der Waals surface area (Å²) in [6.45, 7) is 2.01. The van der Waals surface area contributed by atoms with Crippen LogP contribution in [0.5, 0.6) is 0 Å². The zero-order valence-corrected chi connectivity index (χ0v) is 11.4. The van der Waals surface area contributed by atoms with Gasteiger partial charge in [-0.05, 0) is 29.5 Å². The van der Waals surface area contributed by atoms with E-state index in [0.29, 0.717) is 6.42 Å². The average molecular weight is 276 g/mol. The largest absolute Gasteiger partial charge is 0.393 e. The quantitative estimate of drug-likeness (QED) is 0.873. The number of hydrogen-bond acceptors (Lipinski definition) is 1. The molecule has 1 N–H and O–H groups in total. The molecule has 106 valence electrons. The number of benzene rings is 2. The van der Waals surface area contributed by atoms with Gasteiger partial charge in [0.05, 0.1) is 6.10 Å². The summed E-state index contributed by atoms with van der Waals surface area (Å²) in [5, 5.41) is 10.1. The van der Waals surface area contributed by atoms with Crippen molar-refractivity contribution in [1.29, 1.82) is 0 Å². The molecule has 0 bridgehead atoms. The van der Waals surface area contributed by atoms with E-state index in [4.69, 9.17) is 0 Å². The van der Waals surface area contributed by atoms with E-state index in [-0.39, 0.29) is 17.9 Å². The topological polar surface area (TPSA) is 20.2 Å². The molecule has 0 spiro atoms. The standard InChI is InChI=1S/C17H18F2O/c1-12(13-6-3-2-4-7-13)10-15(20)11-14-8-5-9-16(18)17(14)19/h2-9,12,15,20H,10-11H2,1H3. The lowest BCUT2D eigenvalue weighted by Crippen LogP contribution is -2.15. The van der Waals surface area contributed by atoms with E-state index < -0.39 is 17.7 Å². The Labute approximate surface area is 117 Å². The van der Waals surface area contributed by atoms with Crippen LogP contribution in [0.2, 0.25) is 0 Å². The molecular formula is C17H18F2O. The Hall–Kier alpha value is -1.74. The fourth-order valence-electron chi connectivity index (χ4n) is 2.37. The van der Waals surface area contributed by atoms with Gasteiger partial charge < -0.3 is 5.11 Å². The van der Waals surface area contributed by atoms with Gasteiger partial charge in [0.2, 0.25) is 0 Å². The third-order valence-corrected chi connectivity index (χ3v) is 3.48. The van der Waals surface area contributed by atoms with E-state index in [2.05, 4.69) is 0 Å². The van der Waals surface area contributed by atoms with Gasteiger partial charge in [-0.2, -0.15) is 0 Å². The van der Waals surface area contributed by atoms with E-state index in [1.165, 1.54) is 12.1 Å². The van der Waals surface area contributed by atoms with Gasteiger partial charge in [0, 0.05) is 6.42 Å². The van der Waals surface area contributed by atoms with Gasteiger partial charge in [0.1, 0.15) is 0 Å². The first-order valence-electron chi connectivity index (χ1n) is 6.74. The van der Waals surface area contributed by atoms with Gasteiger partial charge in [-0.15, -0.1) is 0 Å². The van der Waals surface area contributed by atoms with Crippen molar-refractivity contribution < 1.29 is 13.9 Å². The zero-order chi connectivity index (χ0) is 14.5. The molecule has 0 saturated carbocycles. The van der Waals surface area contributed by atoms with Crippen molar-refractivity contribution >= 4 is 0 Å². The number of halogens is 2. The first-order valence-corrected chi connectivity index (χ1v) is 6.74. The van der Waals surface area contributed by atoms with E-state index >= 15 is 0 Å². The Morgan fingerprint density at radius 3 is 2.40 bits per heavy atom. The van der Waals surface area contributed by atoms with Gasteiger partial charge in [-0.25, -0.2) is 8.78 Å². The predicted molar refractivity (Wildman–Crippen MR) is 75.5 cm³/mol. The lowest BCUT2D eigenvalue weighted by atomic mass is 9.92. The maximum atomic E-state index is 13.5. The van der Waals surface area contributed by atoms with Gasteiger partial charge in [0.25, 0.3) is 0 Å². The monoisotopic (exact) mass is 276 g/mol. The van der Waals surface area contributed by atoms with Crippen LogP contribution in [0.1, 0.15) is 30.4 Å². The minimum absolute atomic E-state index is 0.126. The highest BCUT2D eigenvalue weighted by Crippen LogP contribution is 2.22. The van der Waals surface area contributed by atoms with Crippen molar-refractivity contribution in [3.05, 3.63) is 71.3 Å². The van der Waals surface area contributed by atoms with Crippen molar-refractivity contribution in [2.45, 2.75) is 31.8 Å². The van der Waals surface area contributed by atoms with Crippen molar-refractivity contribution in [2.75, 3.05) is 0 Å². The fourth-order valence-corrected chi connectivity index (χ4v) is 2.37. The molecular weight excluding hydrogens is 258 g/mol. The molecule has 2 atom stereocenters. The number of hydrogen-bond donors (Lipinski definition) is 1. The van der Waals surface area contributed by atoms with Crippen molar-refractivity contribution in [3.63, 3.8) is 0 Å². The highest BCUT2D eigenvalue weighted by Gasteiger charge is 2.16. The Kier molecular flexibility index (Phi) is 4.85. The third-order valence-electron chi connectivity index (χ3n) is 3.48. The average Bonchev–Trinajstić information content (AvgIpc) is 2.45. The summed E-state index contributed by atoms with van der Waals surface area (Å²) in [6, 6.07) is 13.9. The number of aliphatic hydroxyl groups excluding tert-OH is 1. The highest BCUT2D eigenvalue weighted by molar-refractivity contribution is 5.21. The lowest BCUT2D eigenvalue weighted by Gasteiger charge is -2.17. The molecule has 0 aliphatic heterocycles. The molecule has 3 heteroatoms. The minimum atomic E-state index is -0.870. The molecule has 1 nitrogen and oxygen atoms in total. The summed E-state index contributed by atoms with van der Waals surface area (Å²) in [5.74, 6) is -1.56. The molecule has 0 aliphatic carbocycles. The van der Waals surface area contributed by atoms with Crippen LogP contribution in [-0.4, -0.2) is 11.2 Å². The van der Waals surface area contributed by atoms with E-state index in [9.17, 15) is 13.9 Å². The molecule has 0 fully saturated rings. The van der Waals surface area contributed by atoms with Gasteiger partial charge in [-0.3, -0.25) is 0 Å².